The smallest absolute Gasteiger partial charge is 0.384 e. The second-order valence-electron chi connectivity index (χ2n) is 3.16. The van der Waals surface area contributed by atoms with Crippen molar-refractivity contribution >= 4 is 11.9 Å². The molecule has 0 aliphatic heterocycles. The van der Waals surface area contributed by atoms with Gasteiger partial charge < -0.3 is 14.6 Å². The Morgan fingerprint density at radius 2 is 2.11 bits per heavy atom. The van der Waals surface area contributed by atoms with Gasteiger partial charge in [0.25, 0.3) is 0 Å². The molecule has 0 aliphatic rings. The maximum absolute atomic E-state index is 11.1. The molecule has 0 atom stereocenters. The Morgan fingerprint density at radius 1 is 1.39 bits per heavy atom. The summed E-state index contributed by atoms with van der Waals surface area (Å²) in [5.41, 5.74) is 0.131. The lowest BCUT2D eigenvalue weighted by Crippen LogP contribution is -2.04. The molecule has 0 heterocycles. The van der Waals surface area contributed by atoms with Crippen molar-refractivity contribution in [1.29, 1.82) is 0 Å². The zero-order chi connectivity index (χ0) is 13.5. The standard InChI is InChI=1S/C13H12O5/c1-3-18-11(14)8-7-9-5-4-6-10(17-2)12(9)13(15)16/h4-6H,3H2,1-2H3,(H,15,16). The predicted octanol–water partition coefficient (Wildman–Crippen LogP) is 1.31. The van der Waals surface area contributed by atoms with Crippen LogP contribution in [0.2, 0.25) is 0 Å². The lowest BCUT2D eigenvalue weighted by molar-refractivity contribution is -0.136. The molecular weight excluding hydrogens is 236 g/mol. The number of aromatic carboxylic acids is 1. The summed E-state index contributed by atoms with van der Waals surface area (Å²) in [5, 5.41) is 9.08. The first-order valence-electron chi connectivity index (χ1n) is 5.19. The number of carboxylic acids is 1. The topological polar surface area (TPSA) is 72.8 Å². The number of hydrogen-bond acceptors (Lipinski definition) is 4. The Hall–Kier alpha value is -2.48. The molecule has 0 fully saturated rings. The van der Waals surface area contributed by atoms with E-state index >= 15 is 0 Å². The Kier molecular flexibility index (Phi) is 4.76. The van der Waals surface area contributed by atoms with Gasteiger partial charge in [0.15, 0.2) is 0 Å². The Labute approximate surface area is 104 Å². The normalized spacial score (nSPS) is 9.00. The van der Waals surface area contributed by atoms with Gasteiger partial charge in [0.05, 0.1) is 13.7 Å². The molecule has 1 aromatic carbocycles. The van der Waals surface area contributed by atoms with Gasteiger partial charge in [0.2, 0.25) is 0 Å². The third kappa shape index (κ3) is 3.25. The van der Waals surface area contributed by atoms with E-state index in [0.717, 1.165) is 0 Å². The van der Waals surface area contributed by atoms with E-state index in [-0.39, 0.29) is 23.5 Å². The first kappa shape index (κ1) is 13.6. The van der Waals surface area contributed by atoms with Crippen LogP contribution in [0, 0.1) is 11.8 Å². The number of benzene rings is 1. The van der Waals surface area contributed by atoms with Crippen molar-refractivity contribution in [1.82, 2.24) is 0 Å². The molecule has 0 saturated heterocycles. The highest BCUT2D eigenvalue weighted by molar-refractivity contribution is 5.95. The molecule has 0 aliphatic carbocycles. The Balaban J connectivity index is 3.16. The average Bonchev–Trinajstić information content (AvgIpc) is 2.35. The van der Waals surface area contributed by atoms with E-state index in [9.17, 15) is 9.59 Å². The highest BCUT2D eigenvalue weighted by Gasteiger charge is 2.14. The van der Waals surface area contributed by atoms with Crippen molar-refractivity contribution in [2.24, 2.45) is 0 Å². The number of carbonyl (C=O) groups excluding carboxylic acids is 1. The van der Waals surface area contributed by atoms with Crippen LogP contribution in [-0.2, 0) is 9.53 Å². The Bertz CT molecular complexity index is 522. The Morgan fingerprint density at radius 3 is 2.67 bits per heavy atom. The highest BCUT2D eigenvalue weighted by Crippen LogP contribution is 2.21. The van der Waals surface area contributed by atoms with Crippen molar-refractivity contribution in [2.75, 3.05) is 13.7 Å². The lowest BCUT2D eigenvalue weighted by Gasteiger charge is -2.05. The minimum absolute atomic E-state index is 0.0724. The molecule has 5 nitrogen and oxygen atoms in total. The maximum Gasteiger partial charge on any atom is 0.384 e. The molecule has 1 N–H and O–H groups in total. The van der Waals surface area contributed by atoms with Crippen LogP contribution in [0.5, 0.6) is 5.75 Å². The van der Waals surface area contributed by atoms with E-state index in [2.05, 4.69) is 16.6 Å². The number of hydrogen-bond donors (Lipinski definition) is 1. The van der Waals surface area contributed by atoms with E-state index in [4.69, 9.17) is 9.84 Å². The van der Waals surface area contributed by atoms with Gasteiger partial charge in [0, 0.05) is 11.5 Å². The number of esters is 1. The van der Waals surface area contributed by atoms with Gasteiger partial charge >= 0.3 is 11.9 Å². The molecule has 0 aromatic heterocycles. The van der Waals surface area contributed by atoms with Crippen LogP contribution in [0.15, 0.2) is 18.2 Å². The molecule has 1 rings (SSSR count). The van der Waals surface area contributed by atoms with Gasteiger partial charge in [-0.1, -0.05) is 12.0 Å². The van der Waals surface area contributed by atoms with Crippen LogP contribution < -0.4 is 4.74 Å². The van der Waals surface area contributed by atoms with Gasteiger partial charge in [0.1, 0.15) is 11.3 Å². The third-order valence-electron chi connectivity index (χ3n) is 2.03. The maximum atomic E-state index is 11.1. The zero-order valence-electron chi connectivity index (χ0n) is 10.0. The summed E-state index contributed by atoms with van der Waals surface area (Å²) in [6.45, 7) is 1.88. The van der Waals surface area contributed by atoms with E-state index in [0.29, 0.717) is 0 Å². The summed E-state index contributed by atoms with van der Waals surface area (Å²) >= 11 is 0. The van der Waals surface area contributed by atoms with Crippen LogP contribution in [-0.4, -0.2) is 30.8 Å². The fourth-order valence-corrected chi connectivity index (χ4v) is 1.31. The van der Waals surface area contributed by atoms with E-state index in [1.165, 1.54) is 19.2 Å². The summed E-state index contributed by atoms with van der Waals surface area (Å²) in [6.07, 6.45) is 0. The monoisotopic (exact) mass is 248 g/mol. The SMILES string of the molecule is CCOC(=O)C#Cc1cccc(OC)c1C(=O)O. The van der Waals surface area contributed by atoms with Crippen LogP contribution in [0.1, 0.15) is 22.8 Å². The minimum atomic E-state index is -1.17. The van der Waals surface area contributed by atoms with Gasteiger partial charge in [-0.2, -0.15) is 0 Å². The summed E-state index contributed by atoms with van der Waals surface area (Å²) in [5.74, 6) is 3.01. The molecule has 1 aromatic rings. The first-order chi connectivity index (χ1) is 8.60. The molecule has 0 saturated carbocycles. The number of methoxy groups -OCH3 is 1. The first-order valence-corrected chi connectivity index (χ1v) is 5.19. The van der Waals surface area contributed by atoms with Crippen molar-refractivity contribution in [3.05, 3.63) is 29.3 Å². The average molecular weight is 248 g/mol. The summed E-state index contributed by atoms with van der Waals surface area (Å²) in [7, 11) is 1.37. The highest BCUT2D eigenvalue weighted by atomic mass is 16.5. The molecule has 0 bridgehead atoms. The van der Waals surface area contributed by atoms with Gasteiger partial charge in [-0.25, -0.2) is 9.59 Å². The van der Waals surface area contributed by atoms with Crippen molar-refractivity contribution in [3.8, 4) is 17.6 Å². The molecule has 0 spiro atoms. The molecule has 0 amide bonds. The fraction of sp³-hybridized carbons (Fsp3) is 0.231. The zero-order valence-corrected chi connectivity index (χ0v) is 10.0. The predicted molar refractivity (Wildman–Crippen MR) is 63.5 cm³/mol. The largest absolute Gasteiger partial charge is 0.496 e. The molecular formula is C13H12O5. The number of ether oxygens (including phenoxy) is 2. The van der Waals surface area contributed by atoms with Gasteiger partial charge in [-0.3, -0.25) is 0 Å². The summed E-state index contributed by atoms with van der Waals surface area (Å²) in [4.78, 5) is 22.2. The fourth-order valence-electron chi connectivity index (χ4n) is 1.31. The second kappa shape index (κ2) is 6.30. The van der Waals surface area contributed by atoms with Gasteiger partial charge in [-0.05, 0) is 19.1 Å². The van der Waals surface area contributed by atoms with Crippen LogP contribution in [0.25, 0.3) is 0 Å². The van der Waals surface area contributed by atoms with Crippen molar-refractivity contribution < 1.29 is 24.2 Å². The van der Waals surface area contributed by atoms with Crippen molar-refractivity contribution in [3.63, 3.8) is 0 Å². The molecule has 5 heteroatoms. The number of rotatable bonds is 3. The van der Waals surface area contributed by atoms with Crippen LogP contribution in [0.4, 0.5) is 0 Å². The number of carbonyl (C=O) groups is 2. The second-order valence-corrected chi connectivity index (χ2v) is 3.16. The molecule has 0 unspecified atom stereocenters. The van der Waals surface area contributed by atoms with E-state index in [1.54, 1.807) is 13.0 Å². The van der Waals surface area contributed by atoms with E-state index in [1.807, 2.05) is 0 Å². The summed E-state index contributed by atoms with van der Waals surface area (Å²) < 4.78 is 9.57. The number of carboxylic acid groups (broad SMARTS) is 1. The third-order valence-corrected chi connectivity index (χ3v) is 2.03. The van der Waals surface area contributed by atoms with E-state index < -0.39 is 11.9 Å². The van der Waals surface area contributed by atoms with Crippen LogP contribution >= 0.6 is 0 Å². The summed E-state index contributed by atoms with van der Waals surface area (Å²) in [6, 6.07) is 4.61. The lowest BCUT2D eigenvalue weighted by atomic mass is 10.1. The van der Waals surface area contributed by atoms with Crippen LogP contribution in [0.3, 0.4) is 0 Å². The quantitative estimate of drug-likeness (QED) is 0.645. The molecule has 94 valence electrons. The van der Waals surface area contributed by atoms with Gasteiger partial charge in [-0.15, -0.1) is 0 Å². The molecule has 0 radical (unpaired) electrons. The minimum Gasteiger partial charge on any atom is -0.496 e. The molecule has 18 heavy (non-hydrogen) atoms. The van der Waals surface area contributed by atoms with Crippen molar-refractivity contribution in [2.45, 2.75) is 6.92 Å².